The summed E-state index contributed by atoms with van der Waals surface area (Å²) >= 11 is 0. The SMILES string of the molecule is CCCC(F)C(F)(F)C(F)(F)C(F)(F)C(F)(F)C(F)(F)C(F)(F)S(=O)(=O)[O-].[K+]. The summed E-state index contributed by atoms with van der Waals surface area (Å²) in [7, 11) is -7.86. The van der Waals surface area contributed by atoms with E-state index in [2.05, 4.69) is 0 Å². The van der Waals surface area contributed by atoms with E-state index >= 15 is 0 Å². The number of rotatable bonds is 9. The third kappa shape index (κ3) is 4.32. The molecule has 0 saturated heterocycles. The molecule has 0 saturated carbocycles. The minimum Gasteiger partial charge on any atom is -0.743 e. The fourth-order valence-electron chi connectivity index (χ4n) is 1.57. The minimum absolute atomic E-state index is 0. The molecule has 1 atom stereocenters. The van der Waals surface area contributed by atoms with Gasteiger partial charge in [-0.05, 0) is 6.42 Å². The van der Waals surface area contributed by atoms with E-state index in [4.69, 9.17) is 0 Å². The first-order chi connectivity index (χ1) is 11.5. The first-order valence-electron chi connectivity index (χ1n) is 6.34. The van der Waals surface area contributed by atoms with Crippen molar-refractivity contribution in [2.75, 3.05) is 0 Å². The summed E-state index contributed by atoms with van der Waals surface area (Å²) in [5, 5.41) is -7.61. The molecule has 1 unspecified atom stereocenters. The molecule has 0 fully saturated rings. The van der Waals surface area contributed by atoms with Gasteiger partial charge < -0.3 is 4.55 Å². The number of alkyl halides is 13. The van der Waals surface area contributed by atoms with Gasteiger partial charge in [0.25, 0.3) is 0 Å². The second-order valence-electron chi connectivity index (χ2n) is 5.15. The maximum absolute atomic E-state index is 13.2. The van der Waals surface area contributed by atoms with E-state index in [-0.39, 0.29) is 51.4 Å². The monoisotopic (exact) mass is 494 g/mol. The minimum atomic E-state index is -8.24. The third-order valence-electron chi connectivity index (χ3n) is 3.22. The summed E-state index contributed by atoms with van der Waals surface area (Å²) in [6.07, 6.45) is -6.68. The van der Waals surface area contributed by atoms with E-state index in [1.807, 2.05) is 0 Å². The molecule has 0 aromatic rings. The first-order valence-corrected chi connectivity index (χ1v) is 7.75. The van der Waals surface area contributed by atoms with E-state index in [0.29, 0.717) is 0 Å². The van der Waals surface area contributed by atoms with Gasteiger partial charge in [-0.1, -0.05) is 13.3 Å². The third-order valence-corrected chi connectivity index (χ3v) is 4.10. The molecule has 0 spiro atoms. The standard InChI is InChI=1S/C10H9F13O3S.K/c1-2-3-4(11)5(12,13)6(14,15)7(16,17)8(18,19)9(20,21)10(22,23)27(24,25)26;/h4H,2-3H2,1H3,(H,24,25,26);/q;+1/p-1. The Morgan fingerprint density at radius 3 is 1.36 bits per heavy atom. The van der Waals surface area contributed by atoms with Crippen molar-refractivity contribution in [1.29, 1.82) is 0 Å². The molecule has 0 aromatic heterocycles. The summed E-state index contributed by atoms with van der Waals surface area (Å²) in [5.41, 5.74) is 0. The molecule has 0 aliphatic carbocycles. The Morgan fingerprint density at radius 1 is 0.750 bits per heavy atom. The first kappa shape index (κ1) is 30.8. The topological polar surface area (TPSA) is 57.2 Å². The zero-order valence-electron chi connectivity index (χ0n) is 13.5. The average molecular weight is 494 g/mol. The molecule has 0 N–H and O–H groups in total. The zero-order chi connectivity index (χ0) is 22.5. The van der Waals surface area contributed by atoms with Crippen molar-refractivity contribution < 1.29 is 121 Å². The average Bonchev–Trinajstić information content (AvgIpc) is 2.45. The molecule has 0 rings (SSSR count). The van der Waals surface area contributed by atoms with Gasteiger partial charge in [-0.25, -0.2) is 12.8 Å². The van der Waals surface area contributed by atoms with Crippen LogP contribution in [-0.4, -0.2) is 54.0 Å². The van der Waals surface area contributed by atoms with Gasteiger partial charge in [0.05, 0.1) is 0 Å². The van der Waals surface area contributed by atoms with E-state index in [1.54, 1.807) is 0 Å². The molecule has 0 aliphatic rings. The number of hydrogen-bond donors (Lipinski definition) is 0. The van der Waals surface area contributed by atoms with Crippen LogP contribution in [-0.2, 0) is 10.1 Å². The van der Waals surface area contributed by atoms with Gasteiger partial charge in [-0.15, -0.1) is 0 Å². The van der Waals surface area contributed by atoms with E-state index in [9.17, 15) is 70.0 Å². The molecule has 0 amide bonds. The largest absolute Gasteiger partial charge is 1.00 e. The van der Waals surface area contributed by atoms with Crippen molar-refractivity contribution in [3.8, 4) is 0 Å². The van der Waals surface area contributed by atoms with Crippen LogP contribution in [0, 0.1) is 0 Å². The Bertz CT molecular complexity index is 649. The Hall–Kier alpha value is 0.636. The summed E-state index contributed by atoms with van der Waals surface area (Å²) in [4.78, 5) is 0. The predicted molar refractivity (Wildman–Crippen MR) is 59.2 cm³/mol. The number of halogens is 13. The second-order valence-corrected chi connectivity index (χ2v) is 6.57. The maximum atomic E-state index is 13.2. The summed E-state index contributed by atoms with van der Waals surface area (Å²) < 4.78 is 200. The van der Waals surface area contributed by atoms with Crippen LogP contribution < -0.4 is 51.4 Å². The molecular formula is C10H8F13KO3S. The van der Waals surface area contributed by atoms with Crippen LogP contribution in [0.25, 0.3) is 0 Å². The van der Waals surface area contributed by atoms with E-state index < -0.39 is 64.0 Å². The van der Waals surface area contributed by atoms with E-state index in [1.165, 1.54) is 0 Å². The van der Waals surface area contributed by atoms with Gasteiger partial charge in [0.15, 0.2) is 16.3 Å². The zero-order valence-corrected chi connectivity index (χ0v) is 17.5. The Labute approximate surface area is 191 Å². The summed E-state index contributed by atoms with van der Waals surface area (Å²) in [6.45, 7) is 0.849. The normalized spacial score (nSPS) is 16.5. The van der Waals surface area contributed by atoms with Gasteiger partial charge in [0.1, 0.15) is 0 Å². The molecule has 0 aromatic carbocycles. The summed E-state index contributed by atoms with van der Waals surface area (Å²) in [6, 6.07) is 0. The number of hydrogen-bond acceptors (Lipinski definition) is 3. The van der Waals surface area contributed by atoms with Gasteiger partial charge in [-0.2, -0.15) is 52.7 Å². The van der Waals surface area contributed by atoms with Crippen LogP contribution in [0.2, 0.25) is 0 Å². The van der Waals surface area contributed by atoms with Crippen LogP contribution in [0.1, 0.15) is 19.8 Å². The Kier molecular flexibility index (Phi) is 9.51. The van der Waals surface area contributed by atoms with Crippen LogP contribution in [0.4, 0.5) is 57.1 Å². The van der Waals surface area contributed by atoms with Crippen molar-refractivity contribution in [1.82, 2.24) is 0 Å². The Balaban J connectivity index is 0. The smallest absolute Gasteiger partial charge is 0.743 e. The van der Waals surface area contributed by atoms with Crippen molar-refractivity contribution in [3.63, 3.8) is 0 Å². The molecule has 0 heterocycles. The fraction of sp³-hybridized carbons (Fsp3) is 1.00. The molecule has 18 heteroatoms. The predicted octanol–water partition coefficient (Wildman–Crippen LogP) is 1.44. The molecule has 164 valence electrons. The fourth-order valence-corrected chi connectivity index (χ4v) is 2.02. The molecular weight excluding hydrogens is 486 g/mol. The van der Waals surface area contributed by atoms with Gasteiger partial charge in [0, 0.05) is 0 Å². The van der Waals surface area contributed by atoms with Crippen LogP contribution in [0.3, 0.4) is 0 Å². The molecule has 0 bridgehead atoms. The molecule has 3 nitrogen and oxygen atoms in total. The van der Waals surface area contributed by atoms with Crippen molar-refractivity contribution in [2.24, 2.45) is 0 Å². The van der Waals surface area contributed by atoms with E-state index in [0.717, 1.165) is 6.92 Å². The molecule has 0 aliphatic heterocycles. The van der Waals surface area contributed by atoms with Crippen LogP contribution in [0.15, 0.2) is 0 Å². The Morgan fingerprint density at radius 2 is 1.07 bits per heavy atom. The maximum Gasteiger partial charge on any atom is 1.00 e. The second kappa shape index (κ2) is 8.64. The van der Waals surface area contributed by atoms with Crippen LogP contribution >= 0.6 is 0 Å². The summed E-state index contributed by atoms with van der Waals surface area (Å²) in [5.74, 6) is -38.9. The van der Waals surface area contributed by atoms with Gasteiger partial charge >= 0.3 is 86.3 Å². The van der Waals surface area contributed by atoms with Crippen molar-refractivity contribution in [2.45, 2.75) is 60.8 Å². The van der Waals surface area contributed by atoms with Crippen molar-refractivity contribution in [3.05, 3.63) is 0 Å². The van der Waals surface area contributed by atoms with Crippen LogP contribution in [0.5, 0.6) is 0 Å². The quantitative estimate of drug-likeness (QED) is 0.277. The van der Waals surface area contributed by atoms with Crippen molar-refractivity contribution >= 4 is 10.1 Å². The van der Waals surface area contributed by atoms with Gasteiger partial charge in [0.2, 0.25) is 0 Å². The molecule has 0 radical (unpaired) electrons. The molecule has 28 heavy (non-hydrogen) atoms. The van der Waals surface area contributed by atoms with Gasteiger partial charge in [-0.3, -0.25) is 0 Å².